The fraction of sp³-hybridized carbons (Fsp3) is 0.778. The maximum Gasteiger partial charge on any atom is 0.228 e. The van der Waals surface area contributed by atoms with Crippen LogP contribution in [0.3, 0.4) is 0 Å². The van der Waals surface area contributed by atoms with Gasteiger partial charge in [0.05, 0.1) is 6.07 Å². The normalized spacial score (nSPS) is 23.9. The van der Waals surface area contributed by atoms with Crippen LogP contribution in [0.4, 0.5) is 0 Å². The van der Waals surface area contributed by atoms with Crippen molar-refractivity contribution < 1.29 is 13.2 Å². The van der Waals surface area contributed by atoms with Crippen LogP contribution in [0.1, 0.15) is 19.8 Å². The molecular weight excluding hydrogens is 230 g/mol. The minimum absolute atomic E-state index is 0.0174. The molecule has 90 valence electrons. The van der Waals surface area contributed by atoms with Gasteiger partial charge < -0.3 is 4.90 Å². The van der Waals surface area contributed by atoms with Gasteiger partial charge in [-0.05, 0) is 13.3 Å². The molecule has 1 aliphatic heterocycles. The van der Waals surface area contributed by atoms with Gasteiger partial charge in [0.2, 0.25) is 15.9 Å². The summed E-state index contributed by atoms with van der Waals surface area (Å²) in [6, 6.07) is 1.40. The van der Waals surface area contributed by atoms with Crippen LogP contribution in [-0.2, 0) is 14.8 Å². The van der Waals surface area contributed by atoms with Gasteiger partial charge in [0.1, 0.15) is 0 Å². The van der Waals surface area contributed by atoms with E-state index >= 15 is 0 Å². The predicted octanol–water partition coefficient (Wildman–Crippen LogP) is -0.561. The first-order chi connectivity index (χ1) is 7.36. The van der Waals surface area contributed by atoms with Crippen LogP contribution >= 0.6 is 0 Å². The number of nitrogens with zero attached hydrogens (tertiary/aromatic N) is 2. The molecule has 1 aliphatic rings. The number of hydrogen-bond donors (Lipinski definition) is 1. The molecule has 0 bridgehead atoms. The number of nitriles is 1. The zero-order valence-electron chi connectivity index (χ0n) is 9.30. The molecule has 0 aromatic rings. The van der Waals surface area contributed by atoms with Gasteiger partial charge in [-0.3, -0.25) is 4.79 Å². The summed E-state index contributed by atoms with van der Waals surface area (Å²) in [6.07, 6.45) is 0.825. The van der Waals surface area contributed by atoms with E-state index in [4.69, 9.17) is 5.26 Å². The van der Waals surface area contributed by atoms with E-state index in [0.29, 0.717) is 19.4 Å². The first-order valence-electron chi connectivity index (χ1n) is 5.01. The molecule has 2 unspecified atom stereocenters. The lowest BCUT2D eigenvalue weighted by Gasteiger charge is -2.30. The van der Waals surface area contributed by atoms with Crippen molar-refractivity contribution in [2.45, 2.75) is 31.1 Å². The van der Waals surface area contributed by atoms with Crippen LogP contribution in [-0.4, -0.2) is 44.1 Å². The maximum atomic E-state index is 11.6. The average molecular weight is 245 g/mol. The van der Waals surface area contributed by atoms with Gasteiger partial charge in [0, 0.05) is 26.1 Å². The van der Waals surface area contributed by atoms with Gasteiger partial charge in [0.25, 0.3) is 0 Å². The van der Waals surface area contributed by atoms with Crippen LogP contribution < -0.4 is 4.72 Å². The largest absolute Gasteiger partial charge is 0.344 e. The minimum atomic E-state index is -3.60. The van der Waals surface area contributed by atoms with Crippen LogP contribution in [0.5, 0.6) is 0 Å². The van der Waals surface area contributed by atoms with E-state index in [2.05, 4.69) is 4.72 Å². The SMILES string of the molecule is CC(C#N)S(=O)(=O)NC1CCC(=O)N(C)C1. The highest BCUT2D eigenvalue weighted by Gasteiger charge is 2.29. The standard InChI is InChI=1S/C9H15N3O3S/c1-7(5-10)16(14,15)11-8-3-4-9(13)12(2)6-8/h7-8,11H,3-4,6H2,1-2H3. The van der Waals surface area contributed by atoms with Crippen LogP contribution in [0.2, 0.25) is 0 Å². The zero-order chi connectivity index (χ0) is 12.3. The van der Waals surface area contributed by atoms with Gasteiger partial charge in [0.15, 0.2) is 5.25 Å². The monoisotopic (exact) mass is 245 g/mol. The number of piperidine rings is 1. The van der Waals surface area contributed by atoms with E-state index in [1.807, 2.05) is 0 Å². The Balaban J connectivity index is 2.63. The minimum Gasteiger partial charge on any atom is -0.344 e. The van der Waals surface area contributed by atoms with Gasteiger partial charge in [-0.25, -0.2) is 13.1 Å². The third-order valence-electron chi connectivity index (χ3n) is 2.60. The topological polar surface area (TPSA) is 90.3 Å². The first kappa shape index (κ1) is 12.9. The Hall–Kier alpha value is -1.13. The Morgan fingerprint density at radius 3 is 2.75 bits per heavy atom. The lowest BCUT2D eigenvalue weighted by Crippen LogP contribution is -2.49. The van der Waals surface area contributed by atoms with Crippen molar-refractivity contribution in [3.63, 3.8) is 0 Å². The summed E-state index contributed by atoms with van der Waals surface area (Å²) in [7, 11) is -1.96. The molecule has 1 rings (SSSR count). The lowest BCUT2D eigenvalue weighted by molar-refractivity contribution is -0.132. The fourth-order valence-corrected chi connectivity index (χ4v) is 2.51. The lowest BCUT2D eigenvalue weighted by atomic mass is 10.1. The smallest absolute Gasteiger partial charge is 0.228 e. The molecule has 0 aromatic carbocycles. The molecule has 1 fully saturated rings. The molecule has 0 saturated carbocycles. The Morgan fingerprint density at radius 2 is 2.25 bits per heavy atom. The van der Waals surface area contributed by atoms with Crippen LogP contribution in [0, 0.1) is 11.3 Å². The number of likely N-dealkylation sites (N-methyl/N-ethyl adjacent to an activating group) is 1. The average Bonchev–Trinajstić information content (AvgIpc) is 2.22. The van der Waals surface area contributed by atoms with Crippen molar-refractivity contribution in [3.8, 4) is 6.07 Å². The van der Waals surface area contributed by atoms with Crippen molar-refractivity contribution in [1.82, 2.24) is 9.62 Å². The number of sulfonamides is 1. The third kappa shape index (κ3) is 2.93. The summed E-state index contributed by atoms with van der Waals surface area (Å²) < 4.78 is 25.6. The predicted molar refractivity (Wildman–Crippen MR) is 57.8 cm³/mol. The van der Waals surface area contributed by atoms with E-state index in [9.17, 15) is 13.2 Å². The van der Waals surface area contributed by atoms with Crippen LogP contribution in [0.25, 0.3) is 0 Å². The molecular formula is C9H15N3O3S. The molecule has 1 amide bonds. The molecule has 1 heterocycles. The molecule has 6 nitrogen and oxygen atoms in total. The summed E-state index contributed by atoms with van der Waals surface area (Å²) in [5, 5.41) is 7.49. The van der Waals surface area contributed by atoms with E-state index < -0.39 is 15.3 Å². The van der Waals surface area contributed by atoms with E-state index in [1.54, 1.807) is 13.1 Å². The first-order valence-corrected chi connectivity index (χ1v) is 6.56. The molecule has 0 spiro atoms. The molecule has 1 N–H and O–H groups in total. The molecule has 1 saturated heterocycles. The number of carbonyl (C=O) groups is 1. The highest BCUT2D eigenvalue weighted by molar-refractivity contribution is 7.90. The number of amides is 1. The number of hydrogen-bond acceptors (Lipinski definition) is 4. The highest BCUT2D eigenvalue weighted by Crippen LogP contribution is 2.11. The molecule has 0 radical (unpaired) electrons. The third-order valence-corrected chi connectivity index (χ3v) is 4.30. The summed E-state index contributed by atoms with van der Waals surface area (Å²) >= 11 is 0. The Morgan fingerprint density at radius 1 is 1.62 bits per heavy atom. The van der Waals surface area contributed by atoms with Gasteiger partial charge in [-0.1, -0.05) is 0 Å². The second kappa shape index (κ2) is 4.80. The van der Waals surface area contributed by atoms with Gasteiger partial charge >= 0.3 is 0 Å². The molecule has 0 aliphatic carbocycles. The number of rotatable bonds is 3. The second-order valence-electron chi connectivity index (χ2n) is 3.94. The summed E-state index contributed by atoms with van der Waals surface area (Å²) in [5.41, 5.74) is 0. The van der Waals surface area contributed by atoms with Crippen molar-refractivity contribution in [3.05, 3.63) is 0 Å². The van der Waals surface area contributed by atoms with Crippen LogP contribution in [0.15, 0.2) is 0 Å². The Bertz CT molecular complexity index is 412. The molecule has 0 aromatic heterocycles. The summed E-state index contributed by atoms with van der Waals surface area (Å²) in [6.45, 7) is 1.69. The fourth-order valence-electron chi connectivity index (χ4n) is 1.51. The van der Waals surface area contributed by atoms with E-state index in [-0.39, 0.29) is 11.9 Å². The second-order valence-corrected chi connectivity index (χ2v) is 5.98. The number of nitrogens with one attached hydrogen (secondary N) is 1. The zero-order valence-corrected chi connectivity index (χ0v) is 10.1. The quantitative estimate of drug-likeness (QED) is 0.721. The van der Waals surface area contributed by atoms with E-state index in [0.717, 1.165) is 0 Å². The number of likely N-dealkylation sites (tertiary alicyclic amines) is 1. The highest BCUT2D eigenvalue weighted by atomic mass is 32.2. The Kier molecular flexibility index (Phi) is 3.88. The van der Waals surface area contributed by atoms with Crippen molar-refractivity contribution in [2.24, 2.45) is 0 Å². The van der Waals surface area contributed by atoms with Crippen molar-refractivity contribution in [2.75, 3.05) is 13.6 Å². The molecule has 7 heteroatoms. The maximum absolute atomic E-state index is 11.6. The van der Waals surface area contributed by atoms with Gasteiger partial charge in [-0.15, -0.1) is 0 Å². The van der Waals surface area contributed by atoms with Crippen molar-refractivity contribution in [1.29, 1.82) is 5.26 Å². The molecule has 16 heavy (non-hydrogen) atoms. The van der Waals surface area contributed by atoms with E-state index in [1.165, 1.54) is 11.8 Å². The summed E-state index contributed by atoms with van der Waals surface area (Å²) in [4.78, 5) is 12.7. The number of carbonyl (C=O) groups excluding carboxylic acids is 1. The van der Waals surface area contributed by atoms with Crippen molar-refractivity contribution >= 4 is 15.9 Å². The molecule has 2 atom stereocenters. The summed E-state index contributed by atoms with van der Waals surface area (Å²) in [5.74, 6) is 0.0174. The van der Waals surface area contributed by atoms with Gasteiger partial charge in [-0.2, -0.15) is 5.26 Å². The Labute approximate surface area is 95.3 Å².